The molecule has 5 N–H and O–H groups in total. The van der Waals surface area contributed by atoms with Gasteiger partial charge in [-0.25, -0.2) is 4.79 Å². The Morgan fingerprint density at radius 3 is 2.58 bits per heavy atom. The smallest absolute Gasteiger partial charge is 0.405 e. The molecule has 0 spiro atoms. The van der Waals surface area contributed by atoms with Crippen LogP contribution >= 0.6 is 0 Å². The highest BCUT2D eigenvalue weighted by atomic mass is 16.6. The molecule has 0 rings (SSSR count). The van der Waals surface area contributed by atoms with Gasteiger partial charge in [-0.15, -0.1) is 0 Å². The van der Waals surface area contributed by atoms with Crippen molar-refractivity contribution >= 4 is 12.0 Å². The molecule has 70 valence electrons. The van der Waals surface area contributed by atoms with Gasteiger partial charge in [0, 0.05) is 13.1 Å². The minimum atomic E-state index is -0.967. The van der Waals surface area contributed by atoms with Crippen molar-refractivity contribution in [3.05, 3.63) is 0 Å². The molecule has 0 fully saturated rings. The Kier molecular flexibility index (Phi) is 4.78. The van der Waals surface area contributed by atoms with Gasteiger partial charge in [0.1, 0.15) is 0 Å². The molecule has 0 aromatic rings. The summed E-state index contributed by atoms with van der Waals surface area (Å²) < 4.78 is 4.40. The zero-order valence-electron chi connectivity index (χ0n) is 6.87. The predicted octanol–water partition coefficient (Wildman–Crippen LogP) is -1.45. The maximum Gasteiger partial charge on any atom is 0.405 e. The maximum atomic E-state index is 10.9. The van der Waals surface area contributed by atoms with Crippen LogP contribution in [0.1, 0.15) is 6.92 Å². The van der Waals surface area contributed by atoms with Gasteiger partial charge in [0.25, 0.3) is 5.91 Å². The number of amides is 2. The van der Waals surface area contributed by atoms with Crippen LogP contribution in [-0.2, 0) is 9.53 Å². The number of nitrogens with one attached hydrogen (secondary N) is 1. The second-order valence-electron chi connectivity index (χ2n) is 2.16. The summed E-state index contributed by atoms with van der Waals surface area (Å²) in [5, 5.41) is 2.44. The highest BCUT2D eigenvalue weighted by Crippen LogP contribution is 1.89. The predicted molar refractivity (Wildman–Crippen MR) is 42.2 cm³/mol. The van der Waals surface area contributed by atoms with Gasteiger partial charge < -0.3 is 21.5 Å². The molecule has 0 aromatic carbocycles. The normalized spacial score (nSPS) is 11.8. The van der Waals surface area contributed by atoms with Gasteiger partial charge in [0.15, 0.2) is 6.10 Å². The van der Waals surface area contributed by atoms with Crippen LogP contribution < -0.4 is 16.8 Å². The Balaban J connectivity index is 3.69. The van der Waals surface area contributed by atoms with E-state index in [1.807, 2.05) is 0 Å². The molecule has 0 heterocycles. The zero-order valence-corrected chi connectivity index (χ0v) is 6.87. The first-order chi connectivity index (χ1) is 5.57. The van der Waals surface area contributed by atoms with Crippen LogP contribution in [0.3, 0.4) is 0 Å². The van der Waals surface area contributed by atoms with Crippen molar-refractivity contribution in [2.24, 2.45) is 11.5 Å². The van der Waals surface area contributed by atoms with Crippen molar-refractivity contribution in [2.45, 2.75) is 13.0 Å². The molecule has 0 saturated heterocycles. The molecule has 1 unspecified atom stereocenters. The molecule has 0 aliphatic heterocycles. The number of ether oxygens (including phenoxy) is 1. The molecule has 0 aliphatic carbocycles. The molecule has 0 bridgehead atoms. The first-order valence-corrected chi connectivity index (χ1v) is 3.51. The first kappa shape index (κ1) is 10.7. The summed E-state index contributed by atoms with van der Waals surface area (Å²) in [5.41, 5.74) is 9.83. The summed E-state index contributed by atoms with van der Waals surface area (Å²) in [7, 11) is 0. The van der Waals surface area contributed by atoms with E-state index >= 15 is 0 Å². The fourth-order valence-electron chi connectivity index (χ4n) is 0.567. The molecule has 0 aromatic heterocycles. The third-order valence-corrected chi connectivity index (χ3v) is 1.11. The van der Waals surface area contributed by atoms with Crippen LogP contribution in [0.5, 0.6) is 0 Å². The van der Waals surface area contributed by atoms with Gasteiger partial charge in [-0.1, -0.05) is 0 Å². The third-order valence-electron chi connectivity index (χ3n) is 1.11. The summed E-state index contributed by atoms with van der Waals surface area (Å²) in [6.45, 7) is 2.12. The number of carbonyl (C=O) groups excluding carboxylic acids is 2. The molecule has 2 amide bonds. The van der Waals surface area contributed by atoms with E-state index in [-0.39, 0.29) is 0 Å². The largest absolute Gasteiger partial charge is 0.437 e. The average molecular weight is 175 g/mol. The van der Waals surface area contributed by atoms with Crippen molar-refractivity contribution in [1.82, 2.24) is 5.32 Å². The van der Waals surface area contributed by atoms with Gasteiger partial charge in [-0.2, -0.15) is 0 Å². The van der Waals surface area contributed by atoms with E-state index in [2.05, 4.69) is 10.1 Å². The molecule has 0 saturated carbocycles. The van der Waals surface area contributed by atoms with E-state index in [1.54, 1.807) is 0 Å². The van der Waals surface area contributed by atoms with Gasteiger partial charge in [0.05, 0.1) is 0 Å². The Morgan fingerprint density at radius 2 is 2.17 bits per heavy atom. The first-order valence-electron chi connectivity index (χ1n) is 3.51. The van der Waals surface area contributed by atoms with Crippen LogP contribution in [-0.4, -0.2) is 31.2 Å². The lowest BCUT2D eigenvalue weighted by atomic mass is 10.4. The van der Waals surface area contributed by atoms with Crippen molar-refractivity contribution in [1.29, 1.82) is 0 Å². The highest BCUT2D eigenvalue weighted by molar-refractivity contribution is 5.82. The summed E-state index contributed by atoms with van der Waals surface area (Å²) >= 11 is 0. The fraction of sp³-hybridized carbons (Fsp3) is 0.667. The average Bonchev–Trinajstić information content (AvgIpc) is 1.98. The SMILES string of the molecule is CC(OC(N)=O)C(=O)NCCN. The molecule has 0 aliphatic rings. The lowest BCUT2D eigenvalue weighted by Crippen LogP contribution is -2.39. The number of carbonyl (C=O) groups is 2. The summed E-state index contributed by atoms with van der Waals surface area (Å²) in [6.07, 6.45) is -1.83. The number of rotatable bonds is 4. The van der Waals surface area contributed by atoms with Crippen LogP contribution in [0.4, 0.5) is 4.79 Å². The molecule has 6 heteroatoms. The number of hydrogen-bond donors (Lipinski definition) is 3. The van der Waals surface area contributed by atoms with Crippen molar-refractivity contribution in [3.8, 4) is 0 Å². The van der Waals surface area contributed by atoms with E-state index < -0.39 is 18.1 Å². The summed E-state index contributed by atoms with van der Waals surface area (Å²) in [6, 6.07) is 0. The van der Waals surface area contributed by atoms with E-state index in [4.69, 9.17) is 11.5 Å². The van der Waals surface area contributed by atoms with E-state index in [9.17, 15) is 9.59 Å². The Labute approximate surface area is 70.2 Å². The lowest BCUT2D eigenvalue weighted by molar-refractivity contribution is -0.128. The Hall–Kier alpha value is -1.30. The maximum absolute atomic E-state index is 10.9. The quantitative estimate of drug-likeness (QED) is 0.485. The van der Waals surface area contributed by atoms with Gasteiger partial charge >= 0.3 is 6.09 Å². The minimum Gasteiger partial charge on any atom is -0.437 e. The molecule has 0 radical (unpaired) electrons. The van der Waals surface area contributed by atoms with Crippen molar-refractivity contribution in [3.63, 3.8) is 0 Å². The molecular formula is C6H13N3O3. The second-order valence-corrected chi connectivity index (χ2v) is 2.16. The zero-order chi connectivity index (χ0) is 9.56. The van der Waals surface area contributed by atoms with Crippen LogP contribution in [0.25, 0.3) is 0 Å². The number of nitrogens with two attached hydrogens (primary N) is 2. The topological polar surface area (TPSA) is 107 Å². The van der Waals surface area contributed by atoms with E-state index in [0.29, 0.717) is 13.1 Å². The van der Waals surface area contributed by atoms with Crippen molar-refractivity contribution < 1.29 is 14.3 Å². The van der Waals surface area contributed by atoms with Crippen LogP contribution in [0.2, 0.25) is 0 Å². The monoisotopic (exact) mass is 175 g/mol. The van der Waals surface area contributed by atoms with Gasteiger partial charge in [0.2, 0.25) is 0 Å². The van der Waals surface area contributed by atoms with Crippen LogP contribution in [0.15, 0.2) is 0 Å². The third kappa shape index (κ3) is 4.51. The number of hydrogen-bond acceptors (Lipinski definition) is 4. The standard InChI is InChI=1S/C6H13N3O3/c1-4(12-6(8)11)5(10)9-3-2-7/h4H,2-3,7H2,1H3,(H2,8,11)(H,9,10). The van der Waals surface area contributed by atoms with Crippen molar-refractivity contribution in [2.75, 3.05) is 13.1 Å². The lowest BCUT2D eigenvalue weighted by Gasteiger charge is -2.10. The highest BCUT2D eigenvalue weighted by Gasteiger charge is 2.14. The number of primary amides is 1. The van der Waals surface area contributed by atoms with Crippen LogP contribution in [0, 0.1) is 0 Å². The van der Waals surface area contributed by atoms with Gasteiger partial charge in [-0.3, -0.25) is 4.79 Å². The van der Waals surface area contributed by atoms with E-state index in [0.717, 1.165) is 0 Å². The molecule has 6 nitrogen and oxygen atoms in total. The Morgan fingerprint density at radius 1 is 1.58 bits per heavy atom. The molecule has 12 heavy (non-hydrogen) atoms. The van der Waals surface area contributed by atoms with Gasteiger partial charge in [-0.05, 0) is 6.92 Å². The molecule has 1 atom stereocenters. The second kappa shape index (κ2) is 5.36. The molecular weight excluding hydrogens is 162 g/mol. The summed E-state index contributed by atoms with van der Waals surface area (Å²) in [4.78, 5) is 21.1. The minimum absolute atomic E-state index is 0.342. The summed E-state index contributed by atoms with van der Waals surface area (Å²) in [5.74, 6) is -0.403. The fourth-order valence-corrected chi connectivity index (χ4v) is 0.567. The Bertz CT molecular complexity index is 171. The van der Waals surface area contributed by atoms with E-state index in [1.165, 1.54) is 6.92 Å².